The molecule has 0 spiro atoms. The first-order valence-electron chi connectivity index (χ1n) is 12.3. The lowest BCUT2D eigenvalue weighted by Crippen LogP contribution is -2.09. The fraction of sp³-hybridized carbons (Fsp3) is 0.667. The van der Waals surface area contributed by atoms with Crippen molar-refractivity contribution in [2.24, 2.45) is 0 Å². The summed E-state index contributed by atoms with van der Waals surface area (Å²) in [6.45, 7) is 2.95. The van der Waals surface area contributed by atoms with E-state index in [-0.39, 0.29) is 12.6 Å². The van der Waals surface area contributed by atoms with Gasteiger partial charge in [0.2, 0.25) is 0 Å². The number of carbonyl (C=O) groups excluding carboxylic acids is 1. The second-order valence-electron chi connectivity index (χ2n) is 8.13. The standard InChI is InChI=1S/C27H44O3/c1-2-3-4-5-6-7-8-9-10-11-12-13-14-15-16-20-23-29-24-25-30-27(28)26-21-18-17-19-22-26/h17-23H,2-16,24-25H2,1H3/b23-20-. The number of carbonyl (C=O) groups is 1. The molecule has 0 aromatic heterocycles. The van der Waals surface area contributed by atoms with Crippen LogP contribution in [-0.4, -0.2) is 19.2 Å². The van der Waals surface area contributed by atoms with Crippen molar-refractivity contribution < 1.29 is 14.3 Å². The molecular weight excluding hydrogens is 372 g/mol. The molecule has 0 aliphatic carbocycles. The van der Waals surface area contributed by atoms with Crippen LogP contribution in [-0.2, 0) is 9.47 Å². The molecule has 3 heteroatoms. The second kappa shape index (κ2) is 20.5. The minimum absolute atomic E-state index is 0.275. The quantitative estimate of drug-likeness (QED) is 0.122. The van der Waals surface area contributed by atoms with Crippen LogP contribution >= 0.6 is 0 Å². The smallest absolute Gasteiger partial charge is 0.338 e. The molecule has 0 heterocycles. The number of rotatable bonds is 20. The zero-order valence-corrected chi connectivity index (χ0v) is 19.3. The van der Waals surface area contributed by atoms with Crippen LogP contribution in [0.4, 0.5) is 0 Å². The summed E-state index contributed by atoms with van der Waals surface area (Å²) < 4.78 is 10.5. The van der Waals surface area contributed by atoms with E-state index in [0.29, 0.717) is 12.2 Å². The lowest BCUT2D eigenvalue weighted by Gasteiger charge is -2.04. The Bertz CT molecular complexity index is 524. The third kappa shape index (κ3) is 16.1. The number of hydrogen-bond donors (Lipinski definition) is 0. The third-order valence-electron chi connectivity index (χ3n) is 5.36. The fourth-order valence-corrected chi connectivity index (χ4v) is 3.50. The van der Waals surface area contributed by atoms with Crippen LogP contribution in [0, 0.1) is 0 Å². The minimum Gasteiger partial charge on any atom is -0.498 e. The van der Waals surface area contributed by atoms with Crippen LogP contribution in [0.5, 0.6) is 0 Å². The van der Waals surface area contributed by atoms with E-state index < -0.39 is 0 Å². The summed E-state index contributed by atoms with van der Waals surface area (Å²) in [5.41, 5.74) is 0.575. The van der Waals surface area contributed by atoms with Gasteiger partial charge < -0.3 is 9.47 Å². The Kier molecular flexibility index (Phi) is 17.9. The number of hydrogen-bond acceptors (Lipinski definition) is 3. The molecule has 0 amide bonds. The lowest BCUT2D eigenvalue weighted by atomic mass is 10.0. The van der Waals surface area contributed by atoms with Gasteiger partial charge in [0.15, 0.2) is 0 Å². The average molecular weight is 417 g/mol. The topological polar surface area (TPSA) is 35.5 Å². The molecule has 3 nitrogen and oxygen atoms in total. The summed E-state index contributed by atoms with van der Waals surface area (Å²) in [6.07, 6.45) is 24.3. The van der Waals surface area contributed by atoms with Crippen LogP contribution in [0.25, 0.3) is 0 Å². The Balaban J connectivity index is 1.77. The van der Waals surface area contributed by atoms with Gasteiger partial charge in [-0.05, 0) is 31.1 Å². The summed E-state index contributed by atoms with van der Waals surface area (Å²) in [4.78, 5) is 11.7. The summed E-state index contributed by atoms with van der Waals surface area (Å²) >= 11 is 0. The Morgan fingerprint density at radius 2 is 1.27 bits per heavy atom. The predicted molar refractivity (Wildman–Crippen MR) is 127 cm³/mol. The summed E-state index contributed by atoms with van der Waals surface area (Å²) in [6, 6.07) is 9.03. The highest BCUT2D eigenvalue weighted by molar-refractivity contribution is 5.89. The Morgan fingerprint density at radius 3 is 1.83 bits per heavy atom. The molecular formula is C27H44O3. The molecule has 170 valence electrons. The highest BCUT2D eigenvalue weighted by atomic mass is 16.6. The van der Waals surface area contributed by atoms with Crippen molar-refractivity contribution in [2.75, 3.05) is 13.2 Å². The average Bonchev–Trinajstić information content (AvgIpc) is 2.78. The van der Waals surface area contributed by atoms with Crippen molar-refractivity contribution in [3.63, 3.8) is 0 Å². The molecule has 1 rings (SSSR count). The first-order valence-corrected chi connectivity index (χ1v) is 12.3. The summed E-state index contributed by atoms with van der Waals surface area (Å²) in [5.74, 6) is -0.300. The van der Waals surface area contributed by atoms with Gasteiger partial charge in [-0.25, -0.2) is 4.79 Å². The van der Waals surface area contributed by atoms with Crippen molar-refractivity contribution in [3.05, 3.63) is 48.2 Å². The van der Waals surface area contributed by atoms with Crippen molar-refractivity contribution >= 4 is 5.97 Å². The molecule has 0 saturated heterocycles. The van der Waals surface area contributed by atoms with Gasteiger partial charge >= 0.3 is 5.97 Å². The molecule has 0 aliphatic heterocycles. The highest BCUT2D eigenvalue weighted by Crippen LogP contribution is 2.13. The second-order valence-corrected chi connectivity index (χ2v) is 8.13. The molecule has 1 aromatic carbocycles. The van der Waals surface area contributed by atoms with Gasteiger partial charge in [-0.1, -0.05) is 109 Å². The van der Waals surface area contributed by atoms with Crippen molar-refractivity contribution in [3.8, 4) is 0 Å². The van der Waals surface area contributed by atoms with Gasteiger partial charge in [0.1, 0.15) is 13.2 Å². The monoisotopic (exact) mass is 416 g/mol. The van der Waals surface area contributed by atoms with E-state index in [0.717, 1.165) is 6.42 Å². The van der Waals surface area contributed by atoms with Crippen molar-refractivity contribution in [1.29, 1.82) is 0 Å². The molecule has 0 unspecified atom stereocenters. The minimum atomic E-state index is -0.300. The Hall–Kier alpha value is -1.77. The maximum atomic E-state index is 11.7. The SMILES string of the molecule is CCCCCCCCCCCCCCCC/C=C\OCCOC(=O)c1ccccc1. The zero-order chi connectivity index (χ0) is 21.5. The number of esters is 1. The van der Waals surface area contributed by atoms with E-state index in [1.807, 2.05) is 18.2 Å². The molecule has 0 saturated carbocycles. The molecule has 0 aliphatic rings. The van der Waals surface area contributed by atoms with E-state index in [1.54, 1.807) is 18.4 Å². The third-order valence-corrected chi connectivity index (χ3v) is 5.36. The van der Waals surface area contributed by atoms with Crippen LogP contribution in [0.3, 0.4) is 0 Å². The van der Waals surface area contributed by atoms with E-state index in [9.17, 15) is 4.79 Å². The predicted octanol–water partition coefficient (Wildman–Crippen LogP) is 8.25. The Morgan fingerprint density at radius 1 is 0.733 bits per heavy atom. The van der Waals surface area contributed by atoms with Gasteiger partial charge in [-0.15, -0.1) is 0 Å². The van der Waals surface area contributed by atoms with E-state index >= 15 is 0 Å². The maximum Gasteiger partial charge on any atom is 0.338 e. The van der Waals surface area contributed by atoms with Gasteiger partial charge in [0.25, 0.3) is 0 Å². The molecule has 0 fully saturated rings. The molecule has 0 N–H and O–H groups in total. The lowest BCUT2D eigenvalue weighted by molar-refractivity contribution is 0.0420. The van der Waals surface area contributed by atoms with Gasteiger partial charge in [-0.2, -0.15) is 0 Å². The van der Waals surface area contributed by atoms with E-state index in [4.69, 9.17) is 9.47 Å². The normalized spacial score (nSPS) is 11.1. The molecule has 0 radical (unpaired) electrons. The number of benzene rings is 1. The highest BCUT2D eigenvalue weighted by Gasteiger charge is 2.04. The maximum absolute atomic E-state index is 11.7. The summed E-state index contributed by atoms with van der Waals surface area (Å²) in [7, 11) is 0. The number of allylic oxidation sites excluding steroid dienone is 1. The summed E-state index contributed by atoms with van der Waals surface area (Å²) in [5, 5.41) is 0. The van der Waals surface area contributed by atoms with E-state index in [1.165, 1.54) is 89.9 Å². The van der Waals surface area contributed by atoms with E-state index in [2.05, 4.69) is 13.0 Å². The largest absolute Gasteiger partial charge is 0.498 e. The van der Waals surface area contributed by atoms with Crippen molar-refractivity contribution in [1.82, 2.24) is 0 Å². The van der Waals surface area contributed by atoms with Gasteiger partial charge in [0.05, 0.1) is 11.8 Å². The van der Waals surface area contributed by atoms with Gasteiger partial charge in [0, 0.05) is 0 Å². The molecule has 1 aromatic rings. The van der Waals surface area contributed by atoms with Crippen LogP contribution < -0.4 is 0 Å². The van der Waals surface area contributed by atoms with Crippen LogP contribution in [0.1, 0.15) is 114 Å². The molecule has 0 atom stereocenters. The zero-order valence-electron chi connectivity index (χ0n) is 19.3. The first kappa shape index (κ1) is 26.3. The number of unbranched alkanes of at least 4 members (excludes halogenated alkanes) is 14. The molecule has 0 bridgehead atoms. The van der Waals surface area contributed by atoms with Crippen molar-refractivity contribution in [2.45, 2.75) is 103 Å². The van der Waals surface area contributed by atoms with Crippen LogP contribution in [0.15, 0.2) is 42.7 Å². The molecule has 30 heavy (non-hydrogen) atoms. The van der Waals surface area contributed by atoms with Gasteiger partial charge in [-0.3, -0.25) is 0 Å². The first-order chi connectivity index (χ1) is 14.8. The Labute approximate surface area is 185 Å². The number of ether oxygens (including phenoxy) is 2. The fourth-order valence-electron chi connectivity index (χ4n) is 3.50. The van der Waals surface area contributed by atoms with Crippen LogP contribution in [0.2, 0.25) is 0 Å².